The van der Waals surface area contributed by atoms with Crippen molar-refractivity contribution in [2.24, 2.45) is 0 Å². The molecule has 0 radical (unpaired) electrons. The first-order valence-corrected chi connectivity index (χ1v) is 6.07. The largest absolute Gasteiger partial charge is 0.398 e. The van der Waals surface area contributed by atoms with E-state index in [0.717, 1.165) is 16.4 Å². The third kappa shape index (κ3) is 3.37. The van der Waals surface area contributed by atoms with Gasteiger partial charge in [0.05, 0.1) is 5.56 Å². The molecule has 1 aromatic rings. The van der Waals surface area contributed by atoms with Crippen LogP contribution >= 0.6 is 22.6 Å². The van der Waals surface area contributed by atoms with Gasteiger partial charge in [0.1, 0.15) is 0 Å². The first-order chi connectivity index (χ1) is 7.16. The van der Waals surface area contributed by atoms with Crippen LogP contribution in [0.25, 0.3) is 0 Å². The van der Waals surface area contributed by atoms with Gasteiger partial charge in [-0.1, -0.05) is 19.4 Å². The number of rotatable bonds is 4. The second-order valence-corrected chi connectivity index (χ2v) is 4.48. The Hall–Kier alpha value is -0.780. The third-order valence-corrected chi connectivity index (χ3v) is 2.99. The van der Waals surface area contributed by atoms with Gasteiger partial charge in [-0.25, -0.2) is 0 Å². The van der Waals surface area contributed by atoms with E-state index in [2.05, 4.69) is 34.8 Å². The normalized spacial score (nSPS) is 10.0. The summed E-state index contributed by atoms with van der Waals surface area (Å²) in [6.45, 7) is 2.80. The van der Waals surface area contributed by atoms with Crippen LogP contribution in [0, 0.1) is 3.57 Å². The second-order valence-electron chi connectivity index (χ2n) is 3.31. The number of carbonyl (C=O) groups is 1. The summed E-state index contributed by atoms with van der Waals surface area (Å²) in [5.41, 5.74) is 6.89. The fourth-order valence-electron chi connectivity index (χ4n) is 1.25. The van der Waals surface area contributed by atoms with Gasteiger partial charge in [-0.2, -0.15) is 0 Å². The van der Waals surface area contributed by atoms with Gasteiger partial charge in [0, 0.05) is 15.8 Å². The minimum absolute atomic E-state index is 0.0778. The molecule has 15 heavy (non-hydrogen) atoms. The van der Waals surface area contributed by atoms with Crippen molar-refractivity contribution in [1.29, 1.82) is 0 Å². The molecule has 3 nitrogen and oxygen atoms in total. The van der Waals surface area contributed by atoms with Crippen molar-refractivity contribution < 1.29 is 4.79 Å². The topological polar surface area (TPSA) is 55.1 Å². The average Bonchev–Trinajstić information content (AvgIpc) is 2.18. The van der Waals surface area contributed by atoms with E-state index in [1.165, 1.54) is 0 Å². The van der Waals surface area contributed by atoms with Crippen molar-refractivity contribution in [2.75, 3.05) is 12.3 Å². The molecule has 0 aromatic heterocycles. The molecule has 1 aromatic carbocycles. The molecule has 0 saturated heterocycles. The van der Waals surface area contributed by atoms with Crippen LogP contribution in [0.15, 0.2) is 18.2 Å². The molecule has 0 unspecified atom stereocenters. The predicted molar refractivity (Wildman–Crippen MR) is 70.8 cm³/mol. The van der Waals surface area contributed by atoms with Crippen molar-refractivity contribution in [3.8, 4) is 0 Å². The number of benzene rings is 1. The maximum atomic E-state index is 11.8. The summed E-state index contributed by atoms with van der Waals surface area (Å²) in [4.78, 5) is 11.8. The highest BCUT2D eigenvalue weighted by molar-refractivity contribution is 14.1. The Morgan fingerprint density at radius 2 is 2.27 bits per heavy atom. The van der Waals surface area contributed by atoms with Crippen LogP contribution in [0.2, 0.25) is 0 Å². The zero-order valence-corrected chi connectivity index (χ0v) is 10.9. The standard InChI is InChI=1S/C11H15IN2O/c1-2-3-7-14-11(15)10-8(12)5-4-6-9(10)13/h4-6H,2-3,7,13H2,1H3,(H,14,15). The molecule has 0 heterocycles. The Morgan fingerprint density at radius 1 is 1.53 bits per heavy atom. The van der Waals surface area contributed by atoms with Gasteiger partial charge in [-0.15, -0.1) is 0 Å². The average molecular weight is 318 g/mol. The fraction of sp³-hybridized carbons (Fsp3) is 0.364. The van der Waals surface area contributed by atoms with Gasteiger partial charge in [-0.05, 0) is 41.1 Å². The molecule has 0 saturated carbocycles. The molecule has 0 spiro atoms. The molecule has 0 bridgehead atoms. The van der Waals surface area contributed by atoms with Gasteiger partial charge in [0.15, 0.2) is 0 Å². The Bertz CT molecular complexity index is 332. The molecule has 1 rings (SSSR count). The van der Waals surface area contributed by atoms with Gasteiger partial charge < -0.3 is 11.1 Å². The Balaban J connectivity index is 2.73. The third-order valence-electron chi connectivity index (χ3n) is 2.09. The van der Waals surface area contributed by atoms with Crippen molar-refractivity contribution in [3.05, 3.63) is 27.3 Å². The van der Waals surface area contributed by atoms with Gasteiger partial charge in [-0.3, -0.25) is 4.79 Å². The molecule has 4 heteroatoms. The first-order valence-electron chi connectivity index (χ1n) is 4.99. The molecule has 0 aliphatic heterocycles. The molecule has 82 valence electrons. The van der Waals surface area contributed by atoms with Gasteiger partial charge in [0.25, 0.3) is 5.91 Å². The number of hydrogen-bond acceptors (Lipinski definition) is 2. The zero-order valence-electron chi connectivity index (χ0n) is 8.72. The summed E-state index contributed by atoms with van der Waals surface area (Å²) in [6.07, 6.45) is 2.07. The van der Waals surface area contributed by atoms with E-state index in [9.17, 15) is 4.79 Å². The summed E-state index contributed by atoms with van der Waals surface area (Å²) in [5.74, 6) is -0.0778. The summed E-state index contributed by atoms with van der Waals surface area (Å²) in [6, 6.07) is 5.47. The lowest BCUT2D eigenvalue weighted by Crippen LogP contribution is -2.26. The number of amides is 1. The second kappa shape index (κ2) is 5.95. The number of nitrogen functional groups attached to an aromatic ring is 1. The molecular formula is C11H15IN2O. The van der Waals surface area contributed by atoms with E-state index in [4.69, 9.17) is 5.73 Å². The van der Waals surface area contributed by atoms with E-state index in [1.807, 2.05) is 12.1 Å². The van der Waals surface area contributed by atoms with Crippen molar-refractivity contribution in [3.63, 3.8) is 0 Å². The number of anilines is 1. The zero-order chi connectivity index (χ0) is 11.3. The van der Waals surface area contributed by atoms with Crippen LogP contribution in [-0.2, 0) is 0 Å². The number of unbranched alkanes of at least 4 members (excludes halogenated alkanes) is 1. The Kier molecular flexibility index (Phi) is 4.87. The monoisotopic (exact) mass is 318 g/mol. The van der Waals surface area contributed by atoms with E-state index < -0.39 is 0 Å². The van der Waals surface area contributed by atoms with Crippen LogP contribution in [-0.4, -0.2) is 12.5 Å². The molecule has 0 aliphatic rings. The first kappa shape index (κ1) is 12.3. The summed E-state index contributed by atoms with van der Waals surface area (Å²) < 4.78 is 0.890. The highest BCUT2D eigenvalue weighted by Crippen LogP contribution is 2.18. The van der Waals surface area contributed by atoms with Crippen molar-refractivity contribution >= 4 is 34.2 Å². The minimum Gasteiger partial charge on any atom is -0.398 e. The highest BCUT2D eigenvalue weighted by Gasteiger charge is 2.12. The summed E-state index contributed by atoms with van der Waals surface area (Å²) in [7, 11) is 0. The predicted octanol–water partition coefficient (Wildman–Crippen LogP) is 2.40. The molecule has 1 amide bonds. The lowest BCUT2D eigenvalue weighted by molar-refractivity contribution is 0.0953. The highest BCUT2D eigenvalue weighted by atomic mass is 127. The molecule has 0 atom stereocenters. The molecule has 0 fully saturated rings. The van der Waals surface area contributed by atoms with Crippen LogP contribution in [0.4, 0.5) is 5.69 Å². The molecular weight excluding hydrogens is 303 g/mol. The molecule has 3 N–H and O–H groups in total. The minimum atomic E-state index is -0.0778. The van der Waals surface area contributed by atoms with Crippen molar-refractivity contribution in [1.82, 2.24) is 5.32 Å². The van der Waals surface area contributed by atoms with Gasteiger partial charge >= 0.3 is 0 Å². The number of hydrogen-bond donors (Lipinski definition) is 2. The van der Waals surface area contributed by atoms with E-state index >= 15 is 0 Å². The van der Waals surface area contributed by atoms with Crippen LogP contribution < -0.4 is 11.1 Å². The Labute approximate surface area is 104 Å². The van der Waals surface area contributed by atoms with E-state index in [1.54, 1.807) is 6.07 Å². The summed E-state index contributed by atoms with van der Waals surface area (Å²) in [5, 5.41) is 2.86. The van der Waals surface area contributed by atoms with E-state index in [0.29, 0.717) is 17.8 Å². The lowest BCUT2D eigenvalue weighted by atomic mass is 10.1. The smallest absolute Gasteiger partial charge is 0.254 e. The SMILES string of the molecule is CCCCNC(=O)c1c(N)cccc1I. The van der Waals surface area contributed by atoms with Crippen LogP contribution in [0.3, 0.4) is 0 Å². The van der Waals surface area contributed by atoms with Crippen LogP contribution in [0.5, 0.6) is 0 Å². The van der Waals surface area contributed by atoms with Gasteiger partial charge in [0.2, 0.25) is 0 Å². The number of nitrogens with two attached hydrogens (primary N) is 1. The van der Waals surface area contributed by atoms with Crippen LogP contribution in [0.1, 0.15) is 30.1 Å². The maximum Gasteiger partial charge on any atom is 0.254 e. The number of nitrogens with one attached hydrogen (secondary N) is 1. The fourth-order valence-corrected chi connectivity index (χ4v) is 2.01. The lowest BCUT2D eigenvalue weighted by Gasteiger charge is -2.08. The maximum absolute atomic E-state index is 11.8. The summed E-state index contributed by atoms with van der Waals surface area (Å²) >= 11 is 2.12. The molecule has 0 aliphatic carbocycles. The quantitative estimate of drug-likeness (QED) is 0.509. The Morgan fingerprint density at radius 3 is 2.87 bits per heavy atom. The van der Waals surface area contributed by atoms with Crippen molar-refractivity contribution in [2.45, 2.75) is 19.8 Å². The number of carbonyl (C=O) groups excluding carboxylic acids is 1. The van der Waals surface area contributed by atoms with E-state index in [-0.39, 0.29) is 5.91 Å². The number of halogens is 1.